The third-order valence-corrected chi connectivity index (χ3v) is 5.71. The van der Waals surface area contributed by atoms with Gasteiger partial charge >= 0.3 is 0 Å². The SMILES string of the molecule is CCCCOc1cc(OCCCC)c(C(C)C)cc1-c1ncoc1-c1ccccc1CC. The lowest BCUT2D eigenvalue weighted by Gasteiger charge is -2.19. The molecule has 0 aliphatic rings. The Balaban J connectivity index is 2.12. The first kappa shape index (κ1) is 23.9. The molecule has 0 atom stereocenters. The molecule has 0 N–H and O–H groups in total. The number of benzene rings is 2. The fraction of sp³-hybridized carbons (Fsp3) is 0.464. The van der Waals surface area contributed by atoms with Crippen molar-refractivity contribution in [1.29, 1.82) is 0 Å². The molecule has 32 heavy (non-hydrogen) atoms. The summed E-state index contributed by atoms with van der Waals surface area (Å²) in [6, 6.07) is 12.6. The number of hydrogen-bond donors (Lipinski definition) is 0. The van der Waals surface area contributed by atoms with Crippen molar-refractivity contribution < 1.29 is 13.9 Å². The van der Waals surface area contributed by atoms with Gasteiger partial charge in [-0.05, 0) is 42.4 Å². The molecule has 0 unspecified atom stereocenters. The molecule has 0 aliphatic heterocycles. The Bertz CT molecular complexity index is 990. The van der Waals surface area contributed by atoms with E-state index in [-0.39, 0.29) is 0 Å². The van der Waals surface area contributed by atoms with Crippen molar-refractivity contribution >= 4 is 0 Å². The van der Waals surface area contributed by atoms with Crippen molar-refractivity contribution in [3.63, 3.8) is 0 Å². The number of unbranched alkanes of at least 4 members (excludes halogenated alkanes) is 2. The molecule has 0 radical (unpaired) electrons. The lowest BCUT2D eigenvalue weighted by Crippen LogP contribution is -2.05. The van der Waals surface area contributed by atoms with Crippen molar-refractivity contribution in [2.45, 2.75) is 72.6 Å². The Morgan fingerprint density at radius 2 is 1.56 bits per heavy atom. The zero-order chi connectivity index (χ0) is 22.9. The van der Waals surface area contributed by atoms with Gasteiger partial charge in [-0.3, -0.25) is 0 Å². The van der Waals surface area contributed by atoms with Crippen LogP contribution >= 0.6 is 0 Å². The third-order valence-electron chi connectivity index (χ3n) is 5.71. The highest BCUT2D eigenvalue weighted by atomic mass is 16.5. The van der Waals surface area contributed by atoms with Gasteiger partial charge in [0.25, 0.3) is 0 Å². The molecule has 0 saturated carbocycles. The van der Waals surface area contributed by atoms with E-state index in [9.17, 15) is 0 Å². The van der Waals surface area contributed by atoms with Gasteiger partial charge in [0.1, 0.15) is 17.2 Å². The van der Waals surface area contributed by atoms with Gasteiger partial charge in [-0.1, -0.05) is 71.7 Å². The average Bonchev–Trinajstić information content (AvgIpc) is 3.28. The minimum absolute atomic E-state index is 0.313. The van der Waals surface area contributed by atoms with Crippen LogP contribution in [0.2, 0.25) is 0 Å². The summed E-state index contributed by atoms with van der Waals surface area (Å²) < 4.78 is 18.4. The summed E-state index contributed by atoms with van der Waals surface area (Å²) >= 11 is 0. The van der Waals surface area contributed by atoms with E-state index in [2.05, 4.69) is 69.9 Å². The number of hydrogen-bond acceptors (Lipinski definition) is 4. The fourth-order valence-electron chi connectivity index (χ4n) is 3.79. The highest BCUT2D eigenvalue weighted by Gasteiger charge is 2.22. The van der Waals surface area contributed by atoms with Crippen LogP contribution in [-0.4, -0.2) is 18.2 Å². The summed E-state index contributed by atoms with van der Waals surface area (Å²) in [7, 11) is 0. The van der Waals surface area contributed by atoms with Crippen molar-refractivity contribution in [1.82, 2.24) is 4.98 Å². The first-order chi connectivity index (χ1) is 15.6. The molecular formula is C28H37NO3. The number of rotatable bonds is 12. The topological polar surface area (TPSA) is 44.5 Å². The van der Waals surface area contributed by atoms with E-state index in [0.29, 0.717) is 19.1 Å². The first-order valence-corrected chi connectivity index (χ1v) is 12.1. The van der Waals surface area contributed by atoms with Crippen molar-refractivity contribution in [3.8, 4) is 34.1 Å². The second-order valence-corrected chi connectivity index (χ2v) is 8.49. The lowest BCUT2D eigenvalue weighted by atomic mass is 9.95. The fourth-order valence-corrected chi connectivity index (χ4v) is 3.79. The molecule has 0 spiro atoms. The monoisotopic (exact) mass is 435 g/mol. The zero-order valence-corrected chi connectivity index (χ0v) is 20.2. The van der Waals surface area contributed by atoms with E-state index in [4.69, 9.17) is 13.9 Å². The maximum atomic E-state index is 6.27. The quantitative estimate of drug-likeness (QED) is 0.270. The largest absolute Gasteiger partial charge is 0.493 e. The molecule has 2 aromatic carbocycles. The van der Waals surface area contributed by atoms with Crippen molar-refractivity contribution in [2.75, 3.05) is 13.2 Å². The van der Waals surface area contributed by atoms with Crippen LogP contribution in [0.25, 0.3) is 22.6 Å². The molecule has 0 aliphatic carbocycles. The van der Waals surface area contributed by atoms with Crippen LogP contribution in [0.5, 0.6) is 11.5 Å². The van der Waals surface area contributed by atoms with Crippen LogP contribution in [0.4, 0.5) is 0 Å². The summed E-state index contributed by atoms with van der Waals surface area (Å²) in [6.07, 6.45) is 6.69. The number of aromatic nitrogens is 1. The second-order valence-electron chi connectivity index (χ2n) is 8.49. The van der Waals surface area contributed by atoms with Crippen molar-refractivity contribution in [2.24, 2.45) is 0 Å². The number of ether oxygens (including phenoxy) is 2. The van der Waals surface area contributed by atoms with Crippen LogP contribution in [-0.2, 0) is 6.42 Å². The molecule has 1 heterocycles. The summed E-state index contributed by atoms with van der Waals surface area (Å²) in [5, 5.41) is 0. The van der Waals surface area contributed by atoms with Crippen LogP contribution in [0.3, 0.4) is 0 Å². The molecule has 0 amide bonds. The molecule has 3 aromatic rings. The summed E-state index contributed by atoms with van der Waals surface area (Å²) in [5.41, 5.74) is 5.26. The van der Waals surface area contributed by atoms with E-state index in [1.807, 2.05) is 6.07 Å². The summed E-state index contributed by atoms with van der Waals surface area (Å²) in [6.45, 7) is 12.3. The molecule has 0 bridgehead atoms. The Labute approximate surface area is 193 Å². The van der Waals surface area contributed by atoms with E-state index in [1.54, 1.807) is 0 Å². The Morgan fingerprint density at radius 3 is 2.22 bits per heavy atom. The molecule has 1 aromatic heterocycles. The molecular weight excluding hydrogens is 398 g/mol. The van der Waals surface area contributed by atoms with Gasteiger partial charge < -0.3 is 13.9 Å². The van der Waals surface area contributed by atoms with Crippen molar-refractivity contribution in [3.05, 3.63) is 53.9 Å². The van der Waals surface area contributed by atoms with Gasteiger partial charge in [-0.15, -0.1) is 0 Å². The normalized spacial score (nSPS) is 11.2. The maximum Gasteiger partial charge on any atom is 0.182 e. The predicted molar refractivity (Wildman–Crippen MR) is 132 cm³/mol. The van der Waals surface area contributed by atoms with E-state index < -0.39 is 0 Å². The smallest absolute Gasteiger partial charge is 0.182 e. The molecule has 4 nitrogen and oxygen atoms in total. The molecule has 4 heteroatoms. The summed E-state index contributed by atoms with van der Waals surface area (Å²) in [5.74, 6) is 2.81. The number of aryl methyl sites for hydroxylation is 1. The van der Waals surface area contributed by atoms with Crippen LogP contribution in [0, 0.1) is 0 Å². The first-order valence-electron chi connectivity index (χ1n) is 12.1. The standard InChI is InChI=1S/C28H37NO3/c1-6-9-15-30-25-18-26(31-16-10-7-2)24(17-23(25)20(4)5)27-28(32-19-29-27)22-14-12-11-13-21(22)8-3/h11-14,17-20H,6-10,15-16H2,1-5H3. The predicted octanol–water partition coefficient (Wildman–Crippen LogP) is 8.05. The van der Waals surface area contributed by atoms with E-state index >= 15 is 0 Å². The maximum absolute atomic E-state index is 6.27. The van der Waals surface area contributed by atoms with Gasteiger partial charge in [0.2, 0.25) is 0 Å². The number of oxazole rings is 1. The van der Waals surface area contributed by atoms with Gasteiger partial charge in [0, 0.05) is 17.2 Å². The average molecular weight is 436 g/mol. The van der Waals surface area contributed by atoms with Crippen LogP contribution < -0.4 is 9.47 Å². The van der Waals surface area contributed by atoms with Gasteiger partial charge in [-0.25, -0.2) is 4.98 Å². The zero-order valence-electron chi connectivity index (χ0n) is 20.2. The molecule has 172 valence electrons. The van der Waals surface area contributed by atoms with Crippen LogP contribution in [0.15, 0.2) is 47.2 Å². The highest BCUT2D eigenvalue weighted by Crippen LogP contribution is 2.42. The van der Waals surface area contributed by atoms with E-state index in [1.165, 1.54) is 12.0 Å². The summed E-state index contributed by atoms with van der Waals surface area (Å²) in [4.78, 5) is 4.65. The molecule has 0 fully saturated rings. The molecule has 0 saturated heterocycles. The third kappa shape index (κ3) is 5.53. The van der Waals surface area contributed by atoms with Gasteiger partial charge in [0.15, 0.2) is 12.2 Å². The Morgan fingerprint density at radius 1 is 0.875 bits per heavy atom. The number of nitrogens with zero attached hydrogens (tertiary/aromatic N) is 1. The highest BCUT2D eigenvalue weighted by molar-refractivity contribution is 5.82. The molecule has 3 rings (SSSR count). The lowest BCUT2D eigenvalue weighted by molar-refractivity contribution is 0.292. The van der Waals surface area contributed by atoms with Gasteiger partial charge in [0.05, 0.1) is 13.2 Å². The van der Waals surface area contributed by atoms with Gasteiger partial charge in [-0.2, -0.15) is 0 Å². The minimum Gasteiger partial charge on any atom is -0.493 e. The minimum atomic E-state index is 0.313. The Hall–Kier alpha value is -2.75. The second kappa shape index (κ2) is 11.8. The van der Waals surface area contributed by atoms with E-state index in [0.717, 1.165) is 71.7 Å². The van der Waals surface area contributed by atoms with Crippen LogP contribution in [0.1, 0.15) is 77.3 Å². The Kier molecular flexibility index (Phi) is 8.78.